The highest BCUT2D eigenvalue weighted by molar-refractivity contribution is 5.89. The van der Waals surface area contributed by atoms with E-state index in [4.69, 9.17) is 0 Å². The molecule has 0 fully saturated rings. The summed E-state index contributed by atoms with van der Waals surface area (Å²) in [7, 11) is 1.37. The van der Waals surface area contributed by atoms with Gasteiger partial charge in [0.2, 0.25) is 0 Å². The fourth-order valence-corrected chi connectivity index (χ4v) is 0.724. The van der Waals surface area contributed by atoms with Crippen molar-refractivity contribution < 1.29 is 9.28 Å². The van der Waals surface area contributed by atoms with Gasteiger partial charge in [0.1, 0.15) is 0 Å². The number of nitrogens with one attached hydrogen (secondary N) is 1. The molecule has 0 bridgehead atoms. The van der Waals surface area contributed by atoms with Crippen LogP contribution in [0.15, 0.2) is 24.3 Å². The standard InChI is InChI=1S/C8H8FN2O/c1-10-8(12)11(9)7-5-3-2-4-6-7/h3-6H,1H3,(H,10,12). The number of rotatable bonds is 1. The van der Waals surface area contributed by atoms with E-state index < -0.39 is 6.03 Å². The predicted octanol–water partition coefficient (Wildman–Crippen LogP) is 1.52. The van der Waals surface area contributed by atoms with Crippen molar-refractivity contribution >= 4 is 11.7 Å². The summed E-state index contributed by atoms with van der Waals surface area (Å²) in [6.45, 7) is 0. The van der Waals surface area contributed by atoms with E-state index in [1.165, 1.54) is 31.3 Å². The SMILES string of the molecule is CNC(=O)N(F)c1cc[c]cc1. The van der Waals surface area contributed by atoms with Gasteiger partial charge in [-0.2, -0.15) is 0 Å². The van der Waals surface area contributed by atoms with Gasteiger partial charge in [-0.1, -0.05) is 16.6 Å². The van der Waals surface area contributed by atoms with Crippen LogP contribution in [0, 0.1) is 6.07 Å². The Hall–Kier alpha value is -1.58. The van der Waals surface area contributed by atoms with Crippen LogP contribution in [0.1, 0.15) is 0 Å². The summed E-state index contributed by atoms with van der Waals surface area (Å²) < 4.78 is 12.9. The average Bonchev–Trinajstić information content (AvgIpc) is 2.17. The third-order valence-electron chi connectivity index (χ3n) is 1.32. The zero-order valence-electron chi connectivity index (χ0n) is 6.54. The highest BCUT2D eigenvalue weighted by Gasteiger charge is 2.11. The minimum atomic E-state index is -0.791. The molecule has 0 saturated carbocycles. The normalized spacial score (nSPS) is 9.17. The Labute approximate surface area is 69.7 Å². The molecule has 0 aliphatic rings. The number of hydrogen-bond acceptors (Lipinski definition) is 1. The van der Waals surface area contributed by atoms with Gasteiger partial charge < -0.3 is 5.32 Å². The fourth-order valence-electron chi connectivity index (χ4n) is 0.724. The first-order valence-electron chi connectivity index (χ1n) is 3.39. The fraction of sp³-hybridized carbons (Fsp3) is 0.125. The molecule has 1 radical (unpaired) electrons. The zero-order valence-corrected chi connectivity index (χ0v) is 6.54. The molecule has 4 heteroatoms. The summed E-state index contributed by atoms with van der Waals surface area (Å²) in [4.78, 5) is 10.7. The smallest absolute Gasteiger partial charge is 0.339 e. The van der Waals surface area contributed by atoms with E-state index in [1.54, 1.807) is 0 Å². The van der Waals surface area contributed by atoms with E-state index in [0.717, 1.165) is 0 Å². The van der Waals surface area contributed by atoms with Crippen LogP contribution >= 0.6 is 0 Å². The zero-order chi connectivity index (χ0) is 8.97. The lowest BCUT2D eigenvalue weighted by atomic mass is 10.3. The van der Waals surface area contributed by atoms with E-state index >= 15 is 0 Å². The highest BCUT2D eigenvalue weighted by atomic mass is 19.2. The van der Waals surface area contributed by atoms with E-state index in [2.05, 4.69) is 11.4 Å². The number of urea groups is 1. The van der Waals surface area contributed by atoms with Gasteiger partial charge in [-0.15, -0.1) is 5.12 Å². The molecule has 0 aliphatic carbocycles. The van der Waals surface area contributed by atoms with Gasteiger partial charge in [0.25, 0.3) is 0 Å². The summed E-state index contributed by atoms with van der Waals surface area (Å²) >= 11 is 0. The van der Waals surface area contributed by atoms with Crippen molar-refractivity contribution in [2.24, 2.45) is 0 Å². The van der Waals surface area contributed by atoms with Crippen LogP contribution in [0.3, 0.4) is 0 Å². The molecule has 1 rings (SSSR count). The molecular formula is C8H8FN2O. The Bertz CT molecular complexity index is 263. The number of carbonyl (C=O) groups excluding carboxylic acids is 1. The van der Waals surface area contributed by atoms with E-state index in [9.17, 15) is 9.28 Å². The van der Waals surface area contributed by atoms with Crippen molar-refractivity contribution in [2.45, 2.75) is 0 Å². The molecule has 0 saturated heterocycles. The summed E-state index contributed by atoms with van der Waals surface area (Å²) in [5, 5.41) is 2.20. The number of nitrogens with zero attached hydrogens (tertiary/aromatic N) is 1. The lowest BCUT2D eigenvalue weighted by molar-refractivity contribution is 0.235. The molecule has 0 atom stereocenters. The second-order valence-electron chi connectivity index (χ2n) is 2.09. The lowest BCUT2D eigenvalue weighted by Gasteiger charge is -2.09. The number of amides is 2. The maximum absolute atomic E-state index is 12.9. The molecule has 0 unspecified atom stereocenters. The Morgan fingerprint density at radius 1 is 1.58 bits per heavy atom. The molecule has 12 heavy (non-hydrogen) atoms. The maximum Gasteiger partial charge on any atom is 0.350 e. The monoisotopic (exact) mass is 167 g/mol. The first kappa shape index (κ1) is 8.52. The van der Waals surface area contributed by atoms with Crippen molar-refractivity contribution in [1.82, 2.24) is 5.32 Å². The van der Waals surface area contributed by atoms with Crippen LogP contribution in [0.5, 0.6) is 0 Å². The molecule has 3 nitrogen and oxygen atoms in total. The Kier molecular flexibility index (Phi) is 2.63. The van der Waals surface area contributed by atoms with Crippen LogP contribution in [0.25, 0.3) is 0 Å². The van der Waals surface area contributed by atoms with Crippen molar-refractivity contribution in [3.63, 3.8) is 0 Å². The quantitative estimate of drug-likeness (QED) is 0.632. The third kappa shape index (κ3) is 1.72. The van der Waals surface area contributed by atoms with Gasteiger partial charge in [0.05, 0.1) is 5.69 Å². The molecule has 0 heterocycles. The summed E-state index contributed by atoms with van der Waals surface area (Å²) in [5.41, 5.74) is 0.188. The molecule has 0 aromatic heterocycles. The van der Waals surface area contributed by atoms with E-state index in [0.29, 0.717) is 0 Å². The molecular weight excluding hydrogens is 159 g/mol. The lowest BCUT2D eigenvalue weighted by Crippen LogP contribution is -2.31. The van der Waals surface area contributed by atoms with Gasteiger partial charge in [0.15, 0.2) is 0 Å². The second-order valence-corrected chi connectivity index (χ2v) is 2.09. The Balaban J connectivity index is 2.78. The largest absolute Gasteiger partial charge is 0.350 e. The topological polar surface area (TPSA) is 32.3 Å². The molecule has 0 spiro atoms. The van der Waals surface area contributed by atoms with Crippen LogP contribution in [0.2, 0.25) is 0 Å². The molecule has 1 aromatic rings. The third-order valence-corrected chi connectivity index (χ3v) is 1.32. The van der Waals surface area contributed by atoms with Gasteiger partial charge in [-0.25, -0.2) is 4.79 Å². The number of hydrogen-bond donors (Lipinski definition) is 1. The van der Waals surface area contributed by atoms with Gasteiger partial charge in [-0.3, -0.25) is 0 Å². The van der Waals surface area contributed by atoms with Gasteiger partial charge in [0, 0.05) is 7.05 Å². The summed E-state index contributed by atoms with van der Waals surface area (Å²) in [5.74, 6) is 0. The van der Waals surface area contributed by atoms with Gasteiger partial charge in [-0.05, 0) is 18.2 Å². The van der Waals surface area contributed by atoms with Crippen LogP contribution < -0.4 is 10.4 Å². The van der Waals surface area contributed by atoms with Crippen LogP contribution in [-0.2, 0) is 0 Å². The van der Waals surface area contributed by atoms with Crippen LogP contribution in [-0.4, -0.2) is 13.1 Å². The molecule has 1 aromatic carbocycles. The Morgan fingerprint density at radius 2 is 2.17 bits per heavy atom. The maximum atomic E-state index is 12.9. The van der Waals surface area contributed by atoms with Gasteiger partial charge >= 0.3 is 6.03 Å². The number of anilines is 1. The minimum absolute atomic E-state index is 0.0356. The number of halogens is 1. The second kappa shape index (κ2) is 3.71. The molecule has 63 valence electrons. The minimum Gasteiger partial charge on any atom is -0.339 e. The van der Waals surface area contributed by atoms with Crippen molar-refractivity contribution in [1.29, 1.82) is 0 Å². The Morgan fingerprint density at radius 3 is 2.67 bits per heavy atom. The van der Waals surface area contributed by atoms with Crippen LogP contribution in [0.4, 0.5) is 15.0 Å². The van der Waals surface area contributed by atoms with Crippen molar-refractivity contribution in [3.8, 4) is 0 Å². The van der Waals surface area contributed by atoms with Crippen molar-refractivity contribution in [3.05, 3.63) is 30.3 Å². The first-order chi connectivity index (χ1) is 5.75. The molecule has 2 amide bonds. The average molecular weight is 167 g/mol. The number of benzene rings is 1. The van der Waals surface area contributed by atoms with E-state index in [1.807, 2.05) is 0 Å². The molecule has 1 N–H and O–H groups in total. The highest BCUT2D eigenvalue weighted by Crippen LogP contribution is 2.12. The first-order valence-corrected chi connectivity index (χ1v) is 3.39. The number of carbonyl (C=O) groups is 1. The van der Waals surface area contributed by atoms with E-state index in [-0.39, 0.29) is 10.8 Å². The predicted molar refractivity (Wildman–Crippen MR) is 43.3 cm³/mol. The molecule has 0 aliphatic heterocycles. The van der Waals surface area contributed by atoms with Crippen molar-refractivity contribution in [2.75, 3.05) is 12.2 Å². The summed E-state index contributed by atoms with van der Waals surface area (Å²) in [6, 6.07) is 7.90. The summed E-state index contributed by atoms with van der Waals surface area (Å²) in [6.07, 6.45) is 0.